The van der Waals surface area contributed by atoms with Gasteiger partial charge in [0.05, 0.1) is 0 Å². The van der Waals surface area contributed by atoms with Gasteiger partial charge in [-0.1, -0.05) is 0 Å². The molecule has 1 aromatic rings. The molecule has 0 N–H and O–H groups in total. The molecule has 1 atom stereocenters. The lowest BCUT2D eigenvalue weighted by atomic mass is 9.96. The van der Waals surface area contributed by atoms with Crippen LogP contribution < -0.4 is 4.74 Å². The number of ether oxygens (including phenoxy) is 1. The Morgan fingerprint density at radius 3 is 2.88 bits per heavy atom. The van der Waals surface area contributed by atoms with E-state index in [4.69, 9.17) is 4.74 Å². The molecule has 0 aliphatic heterocycles. The summed E-state index contributed by atoms with van der Waals surface area (Å²) in [5.74, 6) is -0.297. The number of hydrogen-bond donors (Lipinski definition) is 0. The topological polar surface area (TPSA) is 43.4 Å². The van der Waals surface area contributed by atoms with Crippen LogP contribution in [0, 0.1) is 5.82 Å². The van der Waals surface area contributed by atoms with Crippen molar-refractivity contribution < 1.29 is 18.7 Å². The number of carbonyl (C=O) groups excluding carboxylic acids is 2. The maximum Gasteiger partial charge on any atom is 0.165 e. The highest BCUT2D eigenvalue weighted by molar-refractivity contribution is 5.79. The number of rotatable bonds is 3. The van der Waals surface area contributed by atoms with Gasteiger partial charge in [-0.2, -0.15) is 0 Å². The summed E-state index contributed by atoms with van der Waals surface area (Å²) in [4.78, 5) is 21.7. The van der Waals surface area contributed by atoms with Gasteiger partial charge in [0.1, 0.15) is 18.2 Å². The summed E-state index contributed by atoms with van der Waals surface area (Å²) >= 11 is 0. The molecule has 0 spiro atoms. The van der Waals surface area contributed by atoms with Crippen LogP contribution in [0.1, 0.15) is 36.0 Å². The lowest BCUT2D eigenvalue weighted by molar-refractivity contribution is -0.122. The van der Waals surface area contributed by atoms with Gasteiger partial charge in [-0.3, -0.25) is 9.59 Å². The fraction of sp³-hybridized carbons (Fsp3) is 0.385. The molecule has 0 aromatic heterocycles. The predicted molar refractivity (Wildman–Crippen MR) is 59.7 cm³/mol. The summed E-state index contributed by atoms with van der Waals surface area (Å²) in [6.07, 6.45) is 2.82. The lowest BCUT2D eigenvalue weighted by Gasteiger charge is -2.22. The van der Waals surface area contributed by atoms with Crippen molar-refractivity contribution in [2.75, 3.05) is 0 Å². The van der Waals surface area contributed by atoms with Crippen LogP contribution in [0.3, 0.4) is 0 Å². The number of benzene rings is 1. The van der Waals surface area contributed by atoms with E-state index in [-0.39, 0.29) is 23.2 Å². The van der Waals surface area contributed by atoms with Crippen LogP contribution in [-0.2, 0) is 4.79 Å². The molecule has 0 bridgehead atoms. The third kappa shape index (κ3) is 2.90. The molecule has 1 fully saturated rings. The molecule has 0 amide bonds. The van der Waals surface area contributed by atoms with E-state index in [2.05, 4.69) is 0 Å². The molecule has 1 unspecified atom stereocenters. The van der Waals surface area contributed by atoms with Crippen molar-refractivity contribution in [3.63, 3.8) is 0 Å². The van der Waals surface area contributed by atoms with E-state index < -0.39 is 5.82 Å². The van der Waals surface area contributed by atoms with Crippen molar-refractivity contribution >= 4 is 12.1 Å². The molecule has 4 heteroatoms. The minimum Gasteiger partial charge on any atom is -0.487 e. The highest BCUT2D eigenvalue weighted by atomic mass is 19.1. The summed E-state index contributed by atoms with van der Waals surface area (Å²) in [6.45, 7) is 0. The Labute approximate surface area is 98.6 Å². The van der Waals surface area contributed by atoms with E-state index in [1.165, 1.54) is 12.1 Å². The van der Waals surface area contributed by atoms with Gasteiger partial charge in [0.25, 0.3) is 0 Å². The van der Waals surface area contributed by atoms with Crippen LogP contribution in [0.4, 0.5) is 4.39 Å². The molecule has 0 saturated heterocycles. The van der Waals surface area contributed by atoms with E-state index in [9.17, 15) is 14.0 Å². The Hall–Kier alpha value is -1.71. The molecule has 3 nitrogen and oxygen atoms in total. The normalized spacial score (nSPS) is 20.1. The molecule has 90 valence electrons. The van der Waals surface area contributed by atoms with Crippen LogP contribution >= 0.6 is 0 Å². The zero-order valence-corrected chi connectivity index (χ0v) is 9.32. The lowest BCUT2D eigenvalue weighted by Crippen LogP contribution is -2.25. The average Bonchev–Trinajstić information content (AvgIpc) is 2.32. The van der Waals surface area contributed by atoms with Crippen molar-refractivity contribution in [2.24, 2.45) is 0 Å². The van der Waals surface area contributed by atoms with Crippen molar-refractivity contribution in [1.82, 2.24) is 0 Å². The molecule has 17 heavy (non-hydrogen) atoms. The first kappa shape index (κ1) is 11.8. The number of Topliss-reactive ketones (excluding diaryl/α,β-unsaturated/α-hetero) is 1. The van der Waals surface area contributed by atoms with Crippen LogP contribution in [0.2, 0.25) is 0 Å². The number of ketones is 1. The van der Waals surface area contributed by atoms with Crippen LogP contribution in [0.5, 0.6) is 5.75 Å². The Bertz CT molecular complexity index is 442. The largest absolute Gasteiger partial charge is 0.487 e. The SMILES string of the molecule is O=Cc1ccc(OC2CCCC(=O)C2)c(F)c1. The van der Waals surface area contributed by atoms with Gasteiger partial charge in [0.15, 0.2) is 11.6 Å². The average molecular weight is 236 g/mol. The first-order valence-electron chi connectivity index (χ1n) is 5.62. The smallest absolute Gasteiger partial charge is 0.165 e. The molecule has 1 aliphatic rings. The first-order valence-corrected chi connectivity index (χ1v) is 5.62. The zero-order chi connectivity index (χ0) is 12.3. The predicted octanol–water partition coefficient (Wildman–Crippen LogP) is 2.53. The van der Waals surface area contributed by atoms with E-state index in [0.717, 1.165) is 18.9 Å². The van der Waals surface area contributed by atoms with E-state index in [0.29, 0.717) is 19.1 Å². The Kier molecular flexibility index (Phi) is 3.52. The molecule has 2 rings (SSSR count). The van der Waals surface area contributed by atoms with Crippen LogP contribution in [0.25, 0.3) is 0 Å². The van der Waals surface area contributed by atoms with Gasteiger partial charge in [-0.25, -0.2) is 4.39 Å². The fourth-order valence-electron chi connectivity index (χ4n) is 1.95. The fourth-order valence-corrected chi connectivity index (χ4v) is 1.95. The van der Waals surface area contributed by atoms with E-state index in [1.54, 1.807) is 0 Å². The van der Waals surface area contributed by atoms with Gasteiger partial charge in [-0.05, 0) is 31.0 Å². The van der Waals surface area contributed by atoms with Gasteiger partial charge in [0.2, 0.25) is 0 Å². The molecule has 1 aliphatic carbocycles. The van der Waals surface area contributed by atoms with Gasteiger partial charge < -0.3 is 4.74 Å². The van der Waals surface area contributed by atoms with E-state index >= 15 is 0 Å². The number of carbonyl (C=O) groups is 2. The summed E-state index contributed by atoms with van der Waals surface area (Å²) in [5.41, 5.74) is 0.273. The van der Waals surface area contributed by atoms with Crippen molar-refractivity contribution in [3.05, 3.63) is 29.6 Å². The highest BCUT2D eigenvalue weighted by Crippen LogP contribution is 2.24. The molecular formula is C13H13FO3. The standard InChI is InChI=1S/C13H13FO3/c14-12-6-9(8-15)4-5-13(12)17-11-3-1-2-10(16)7-11/h4-6,8,11H,1-3,7H2. The van der Waals surface area contributed by atoms with Crippen molar-refractivity contribution in [2.45, 2.75) is 31.8 Å². The Balaban J connectivity index is 2.07. The molecule has 1 saturated carbocycles. The maximum atomic E-state index is 13.5. The third-order valence-corrected chi connectivity index (χ3v) is 2.82. The van der Waals surface area contributed by atoms with Crippen LogP contribution in [0.15, 0.2) is 18.2 Å². The molecule has 0 radical (unpaired) electrons. The second-order valence-corrected chi connectivity index (χ2v) is 4.18. The van der Waals surface area contributed by atoms with Gasteiger partial charge >= 0.3 is 0 Å². The van der Waals surface area contributed by atoms with Crippen molar-refractivity contribution in [1.29, 1.82) is 0 Å². The summed E-state index contributed by atoms with van der Waals surface area (Å²) in [7, 11) is 0. The minimum atomic E-state index is -0.562. The highest BCUT2D eigenvalue weighted by Gasteiger charge is 2.21. The van der Waals surface area contributed by atoms with Gasteiger partial charge in [-0.15, -0.1) is 0 Å². The summed E-state index contributed by atoms with van der Waals surface area (Å²) < 4.78 is 19.0. The Morgan fingerprint density at radius 2 is 2.24 bits per heavy atom. The van der Waals surface area contributed by atoms with Crippen molar-refractivity contribution in [3.8, 4) is 5.75 Å². The zero-order valence-electron chi connectivity index (χ0n) is 9.32. The maximum absolute atomic E-state index is 13.5. The second-order valence-electron chi connectivity index (χ2n) is 4.18. The molecule has 0 heterocycles. The van der Waals surface area contributed by atoms with Gasteiger partial charge in [0, 0.05) is 18.4 Å². The van der Waals surface area contributed by atoms with Crippen LogP contribution in [-0.4, -0.2) is 18.2 Å². The minimum absolute atomic E-state index is 0.107. The summed E-state index contributed by atoms with van der Waals surface area (Å²) in [6, 6.07) is 4.06. The van der Waals surface area contributed by atoms with E-state index in [1.807, 2.05) is 0 Å². The monoisotopic (exact) mass is 236 g/mol. The quantitative estimate of drug-likeness (QED) is 0.757. The summed E-state index contributed by atoms with van der Waals surface area (Å²) in [5, 5.41) is 0. The Morgan fingerprint density at radius 1 is 1.41 bits per heavy atom. The molecule has 1 aromatic carbocycles. The number of hydrogen-bond acceptors (Lipinski definition) is 3. The first-order chi connectivity index (χ1) is 8.19. The third-order valence-electron chi connectivity index (χ3n) is 2.82. The second kappa shape index (κ2) is 5.08. The molecular weight excluding hydrogens is 223 g/mol. The number of halogens is 1. The number of aldehydes is 1.